The average Bonchev–Trinajstić information content (AvgIpc) is 2.78. The van der Waals surface area contributed by atoms with Gasteiger partial charge in [-0.05, 0) is 37.5 Å². The van der Waals surface area contributed by atoms with Crippen LogP contribution in [-0.4, -0.2) is 74.9 Å². The number of rotatable bonds is 10. The van der Waals surface area contributed by atoms with E-state index in [4.69, 9.17) is 4.74 Å². The average molecular weight is 454 g/mol. The second-order valence-electron chi connectivity index (χ2n) is 8.01. The highest BCUT2D eigenvalue weighted by atomic mass is 32.2. The minimum atomic E-state index is -3.71. The first kappa shape index (κ1) is 25.3. The monoisotopic (exact) mass is 453 g/mol. The van der Waals surface area contributed by atoms with Crippen molar-refractivity contribution >= 4 is 21.8 Å². The molecule has 0 bridgehead atoms. The van der Waals surface area contributed by atoms with Crippen molar-refractivity contribution in [2.75, 3.05) is 39.4 Å². The summed E-state index contributed by atoms with van der Waals surface area (Å²) in [6.45, 7) is 10.3. The van der Waals surface area contributed by atoms with E-state index in [1.165, 1.54) is 16.4 Å². The summed E-state index contributed by atoms with van der Waals surface area (Å²) >= 11 is 0. The molecule has 0 aromatic heterocycles. The van der Waals surface area contributed by atoms with Gasteiger partial charge < -0.3 is 15.0 Å². The Morgan fingerprint density at radius 1 is 1.19 bits per heavy atom. The van der Waals surface area contributed by atoms with Gasteiger partial charge in [0.2, 0.25) is 15.9 Å². The summed E-state index contributed by atoms with van der Waals surface area (Å²) in [7, 11) is -3.71. The van der Waals surface area contributed by atoms with Gasteiger partial charge in [0.1, 0.15) is 6.04 Å². The first-order valence-electron chi connectivity index (χ1n) is 11.0. The predicted octanol–water partition coefficient (Wildman–Crippen LogP) is 2.11. The summed E-state index contributed by atoms with van der Waals surface area (Å²) in [4.78, 5) is 27.8. The van der Waals surface area contributed by atoms with Crippen LogP contribution in [0.15, 0.2) is 29.2 Å². The molecular formula is C22H35N3O5S. The number of hydrogen-bond acceptors (Lipinski definition) is 5. The highest BCUT2D eigenvalue weighted by Gasteiger charge is 2.30. The van der Waals surface area contributed by atoms with Crippen LogP contribution in [0, 0.1) is 5.92 Å². The van der Waals surface area contributed by atoms with Gasteiger partial charge in [0, 0.05) is 31.7 Å². The zero-order valence-electron chi connectivity index (χ0n) is 19.0. The standard InChI is InChI=1S/C22H35N3O5S/c1-5-7-11-24(6-2)22(27)20(17(3)4)23-21(26)18-9-8-10-19(16-18)31(28,29)25-12-14-30-15-13-25/h8-10,16-17,20H,5-7,11-15H2,1-4H3,(H,23,26). The maximum absolute atomic E-state index is 13.0. The number of carbonyl (C=O) groups is 2. The molecule has 0 spiro atoms. The van der Waals surface area contributed by atoms with E-state index in [2.05, 4.69) is 12.2 Å². The summed E-state index contributed by atoms with van der Waals surface area (Å²) in [5, 5.41) is 2.82. The number of amides is 2. The van der Waals surface area contributed by atoms with Crippen molar-refractivity contribution in [3.05, 3.63) is 29.8 Å². The quantitative estimate of drug-likeness (QED) is 0.585. The number of unbranched alkanes of at least 4 members (excludes halogenated alkanes) is 1. The topological polar surface area (TPSA) is 96.0 Å². The molecule has 0 aliphatic carbocycles. The van der Waals surface area contributed by atoms with E-state index in [-0.39, 0.29) is 35.4 Å². The van der Waals surface area contributed by atoms with Crippen LogP contribution in [0.5, 0.6) is 0 Å². The summed E-state index contributed by atoms with van der Waals surface area (Å²) < 4.78 is 32.4. The van der Waals surface area contributed by atoms with Crippen molar-refractivity contribution in [1.82, 2.24) is 14.5 Å². The fourth-order valence-electron chi connectivity index (χ4n) is 3.44. The molecule has 1 N–H and O–H groups in total. The number of likely N-dealkylation sites (N-methyl/N-ethyl adjacent to an activating group) is 1. The second-order valence-corrected chi connectivity index (χ2v) is 9.95. The molecule has 8 nitrogen and oxygen atoms in total. The lowest BCUT2D eigenvalue weighted by atomic mass is 10.0. The third-order valence-electron chi connectivity index (χ3n) is 5.40. The van der Waals surface area contributed by atoms with Gasteiger partial charge in [0.05, 0.1) is 18.1 Å². The first-order chi connectivity index (χ1) is 14.7. The third kappa shape index (κ3) is 6.51. The number of carbonyl (C=O) groups excluding carboxylic acids is 2. The lowest BCUT2D eigenvalue weighted by Crippen LogP contribution is -2.51. The molecule has 174 valence electrons. The van der Waals surface area contributed by atoms with Gasteiger partial charge in [-0.2, -0.15) is 4.31 Å². The van der Waals surface area contributed by atoms with Gasteiger partial charge in [-0.25, -0.2) is 8.42 Å². The van der Waals surface area contributed by atoms with Crippen LogP contribution < -0.4 is 5.32 Å². The summed E-state index contributed by atoms with van der Waals surface area (Å²) in [6.07, 6.45) is 1.88. The molecule has 1 aliphatic heterocycles. The zero-order chi connectivity index (χ0) is 23.0. The Hall–Kier alpha value is -1.97. The molecule has 1 aromatic carbocycles. The van der Waals surface area contributed by atoms with Crippen molar-refractivity contribution in [2.24, 2.45) is 5.92 Å². The number of morpholine rings is 1. The minimum absolute atomic E-state index is 0.0626. The molecule has 1 atom stereocenters. The van der Waals surface area contributed by atoms with Crippen LogP contribution in [0.1, 0.15) is 50.9 Å². The largest absolute Gasteiger partial charge is 0.379 e. The van der Waals surface area contributed by atoms with E-state index >= 15 is 0 Å². The zero-order valence-corrected chi connectivity index (χ0v) is 19.8. The number of hydrogen-bond donors (Lipinski definition) is 1. The highest BCUT2D eigenvalue weighted by molar-refractivity contribution is 7.89. The number of nitrogens with zero attached hydrogens (tertiary/aromatic N) is 2. The van der Waals surface area contributed by atoms with Crippen LogP contribution in [0.4, 0.5) is 0 Å². The van der Waals surface area contributed by atoms with Gasteiger partial charge in [-0.15, -0.1) is 0 Å². The van der Waals surface area contributed by atoms with Gasteiger partial charge in [-0.3, -0.25) is 9.59 Å². The maximum Gasteiger partial charge on any atom is 0.251 e. The lowest BCUT2D eigenvalue weighted by Gasteiger charge is -2.29. The van der Waals surface area contributed by atoms with E-state index in [0.717, 1.165) is 12.8 Å². The van der Waals surface area contributed by atoms with Crippen LogP contribution >= 0.6 is 0 Å². The molecular weight excluding hydrogens is 418 g/mol. The van der Waals surface area contributed by atoms with E-state index < -0.39 is 22.0 Å². The van der Waals surface area contributed by atoms with Crippen LogP contribution in [-0.2, 0) is 19.6 Å². The van der Waals surface area contributed by atoms with Gasteiger partial charge >= 0.3 is 0 Å². The summed E-state index contributed by atoms with van der Waals surface area (Å²) in [6, 6.07) is 5.29. The second kappa shape index (κ2) is 11.6. The molecule has 1 saturated heterocycles. The van der Waals surface area contributed by atoms with Gasteiger partial charge in [0.25, 0.3) is 5.91 Å². The van der Waals surface area contributed by atoms with Crippen molar-refractivity contribution in [3.8, 4) is 0 Å². The Bertz CT molecular complexity index is 850. The molecule has 0 saturated carbocycles. The normalized spacial score (nSPS) is 16.2. The number of sulfonamides is 1. The molecule has 1 unspecified atom stereocenters. The molecule has 1 heterocycles. The first-order valence-corrected chi connectivity index (χ1v) is 12.4. The van der Waals surface area contributed by atoms with Crippen LogP contribution in [0.25, 0.3) is 0 Å². The summed E-state index contributed by atoms with van der Waals surface area (Å²) in [5.41, 5.74) is 0.212. The van der Waals surface area contributed by atoms with Gasteiger partial charge in [0.15, 0.2) is 0 Å². The van der Waals surface area contributed by atoms with Gasteiger partial charge in [-0.1, -0.05) is 33.3 Å². The Morgan fingerprint density at radius 3 is 2.45 bits per heavy atom. The Labute approximate surface area is 186 Å². The molecule has 1 fully saturated rings. The molecule has 31 heavy (non-hydrogen) atoms. The molecule has 1 aromatic rings. The fraction of sp³-hybridized carbons (Fsp3) is 0.636. The summed E-state index contributed by atoms with van der Waals surface area (Å²) in [5.74, 6) is -0.679. The fourth-order valence-corrected chi connectivity index (χ4v) is 4.90. The SMILES string of the molecule is CCCCN(CC)C(=O)C(NC(=O)c1cccc(S(=O)(=O)N2CCOCC2)c1)C(C)C. The number of nitrogens with one attached hydrogen (secondary N) is 1. The Kier molecular flexibility index (Phi) is 9.46. The van der Waals surface area contributed by atoms with Crippen molar-refractivity contribution in [2.45, 2.75) is 51.5 Å². The Balaban J connectivity index is 2.19. The Morgan fingerprint density at radius 2 is 1.87 bits per heavy atom. The third-order valence-corrected chi connectivity index (χ3v) is 7.29. The van der Waals surface area contributed by atoms with E-state index in [1.807, 2.05) is 20.8 Å². The van der Waals surface area contributed by atoms with E-state index in [0.29, 0.717) is 26.3 Å². The molecule has 9 heteroatoms. The predicted molar refractivity (Wildman–Crippen MR) is 119 cm³/mol. The molecule has 0 radical (unpaired) electrons. The van der Waals surface area contributed by atoms with Crippen molar-refractivity contribution < 1.29 is 22.7 Å². The van der Waals surface area contributed by atoms with E-state index in [1.54, 1.807) is 17.0 Å². The van der Waals surface area contributed by atoms with Crippen LogP contribution in [0.2, 0.25) is 0 Å². The highest BCUT2D eigenvalue weighted by Crippen LogP contribution is 2.19. The molecule has 2 amide bonds. The minimum Gasteiger partial charge on any atom is -0.379 e. The number of benzene rings is 1. The van der Waals surface area contributed by atoms with Crippen LogP contribution in [0.3, 0.4) is 0 Å². The van der Waals surface area contributed by atoms with Crippen molar-refractivity contribution in [1.29, 1.82) is 0 Å². The smallest absolute Gasteiger partial charge is 0.251 e. The molecule has 1 aliphatic rings. The van der Waals surface area contributed by atoms with E-state index in [9.17, 15) is 18.0 Å². The molecule has 2 rings (SSSR count). The van der Waals surface area contributed by atoms with Crippen molar-refractivity contribution in [3.63, 3.8) is 0 Å². The maximum atomic E-state index is 13.0. The number of ether oxygens (including phenoxy) is 1. The lowest BCUT2D eigenvalue weighted by molar-refractivity contribution is -0.134.